The third-order valence-electron chi connectivity index (χ3n) is 3.97. The van der Waals surface area contributed by atoms with Crippen LogP contribution >= 0.6 is 11.6 Å². The Bertz CT molecular complexity index is 443. The van der Waals surface area contributed by atoms with Gasteiger partial charge in [-0.2, -0.15) is 0 Å². The summed E-state index contributed by atoms with van der Waals surface area (Å²) >= 11 is 6.20. The molecule has 0 atom stereocenters. The first-order valence-electron chi connectivity index (χ1n) is 6.48. The lowest BCUT2D eigenvalue weighted by molar-refractivity contribution is 0.00578. The lowest BCUT2D eigenvalue weighted by atomic mass is 9.84. The Hall–Kier alpha value is -0.485. The maximum atomic E-state index is 6.20. The molecule has 1 saturated heterocycles. The highest BCUT2D eigenvalue weighted by molar-refractivity contribution is 6.61. The highest BCUT2D eigenvalue weighted by Crippen LogP contribution is 2.36. The largest absolute Gasteiger partial charge is 0.512 e. The van der Waals surface area contributed by atoms with Gasteiger partial charge in [0, 0.05) is 19.2 Å². The molecule has 4 nitrogen and oxygen atoms in total. The predicted molar refractivity (Wildman–Crippen MR) is 77.0 cm³/mol. The van der Waals surface area contributed by atoms with E-state index in [-0.39, 0.29) is 11.2 Å². The van der Waals surface area contributed by atoms with Crippen molar-refractivity contribution in [1.29, 1.82) is 0 Å². The van der Waals surface area contributed by atoms with Crippen LogP contribution in [0.2, 0.25) is 5.15 Å². The van der Waals surface area contributed by atoms with E-state index >= 15 is 0 Å². The number of methoxy groups -OCH3 is 1. The van der Waals surface area contributed by atoms with Gasteiger partial charge in [-0.25, -0.2) is 0 Å². The smallest absolute Gasteiger partial charge is 0.398 e. The van der Waals surface area contributed by atoms with Crippen molar-refractivity contribution in [2.75, 3.05) is 13.7 Å². The average Bonchev–Trinajstić information content (AvgIpc) is 2.75. The van der Waals surface area contributed by atoms with Crippen molar-refractivity contribution < 1.29 is 14.0 Å². The van der Waals surface area contributed by atoms with E-state index in [0.29, 0.717) is 18.3 Å². The molecule has 0 aliphatic carbocycles. The van der Waals surface area contributed by atoms with Crippen molar-refractivity contribution in [3.63, 3.8) is 0 Å². The molecule has 1 aromatic rings. The fourth-order valence-electron chi connectivity index (χ4n) is 2.05. The van der Waals surface area contributed by atoms with Gasteiger partial charge >= 0.3 is 7.12 Å². The lowest BCUT2D eigenvalue weighted by Gasteiger charge is -2.32. The molecule has 0 amide bonds. The first-order valence-corrected chi connectivity index (χ1v) is 6.86. The van der Waals surface area contributed by atoms with E-state index in [1.54, 1.807) is 7.11 Å². The molecule has 0 aromatic carbocycles. The fraction of sp³-hybridized carbons (Fsp3) is 0.692. The third-order valence-corrected chi connectivity index (χ3v) is 4.30. The molecule has 0 N–H and O–H groups in total. The van der Waals surface area contributed by atoms with Crippen molar-refractivity contribution in [2.24, 2.45) is 0 Å². The van der Waals surface area contributed by atoms with Gasteiger partial charge in [0.05, 0.1) is 17.8 Å². The summed E-state index contributed by atoms with van der Waals surface area (Å²) in [5, 5.41) is 0.668. The van der Waals surface area contributed by atoms with Gasteiger partial charge in [0.2, 0.25) is 0 Å². The summed E-state index contributed by atoms with van der Waals surface area (Å²) < 4.78 is 19.2. The number of nitrogens with zero attached hydrogens (tertiary/aromatic N) is 1. The number of halogens is 1. The van der Waals surface area contributed by atoms with Gasteiger partial charge in [-0.05, 0) is 39.8 Å². The van der Waals surface area contributed by atoms with Gasteiger partial charge in [-0.3, -0.25) is 0 Å². The second-order valence-corrected chi connectivity index (χ2v) is 6.20. The van der Waals surface area contributed by atoms with Gasteiger partial charge in [-0.1, -0.05) is 11.6 Å². The highest BCUT2D eigenvalue weighted by atomic mass is 35.5. The summed E-state index contributed by atoms with van der Waals surface area (Å²) in [5.41, 5.74) is 0.238. The molecule has 1 aliphatic rings. The van der Waals surface area contributed by atoms with Crippen LogP contribution in [0.4, 0.5) is 0 Å². The maximum absolute atomic E-state index is 6.20. The minimum Gasteiger partial charge on any atom is -0.398 e. The number of aromatic nitrogens is 1. The van der Waals surface area contributed by atoms with Crippen LogP contribution in [-0.4, -0.2) is 36.6 Å². The lowest BCUT2D eigenvalue weighted by Crippen LogP contribution is -2.41. The molecule has 1 aromatic heterocycles. The van der Waals surface area contributed by atoms with Crippen molar-refractivity contribution >= 4 is 24.3 Å². The van der Waals surface area contributed by atoms with E-state index in [9.17, 15) is 0 Å². The van der Waals surface area contributed by atoms with Crippen LogP contribution < -0.4 is 5.59 Å². The van der Waals surface area contributed by atoms with E-state index in [4.69, 9.17) is 25.6 Å². The Morgan fingerprint density at radius 1 is 1.21 bits per heavy atom. The van der Waals surface area contributed by atoms with Crippen LogP contribution in [-0.2, 0) is 20.6 Å². The van der Waals surface area contributed by atoms with Crippen LogP contribution in [0.1, 0.15) is 27.7 Å². The van der Waals surface area contributed by atoms with Crippen molar-refractivity contribution in [3.8, 4) is 0 Å². The normalized spacial score (nSPS) is 21.1. The summed E-state index contributed by atoms with van der Waals surface area (Å²) in [5.74, 6) is 0. The first kappa shape index (κ1) is 14.9. The standard InChI is InChI=1S/C13H21BClNO3/c1-12(2)13(3,4)19-14(18-12)10-6-7-11(15)16(10)8-9-17-5/h6-7H,8-9H2,1-5H3. The number of rotatable bonds is 4. The van der Waals surface area contributed by atoms with Crippen molar-refractivity contribution in [2.45, 2.75) is 45.4 Å². The summed E-state index contributed by atoms with van der Waals surface area (Å²) in [4.78, 5) is 0. The van der Waals surface area contributed by atoms with E-state index in [2.05, 4.69) is 0 Å². The second kappa shape index (κ2) is 5.13. The topological polar surface area (TPSA) is 32.6 Å². The van der Waals surface area contributed by atoms with Gasteiger partial charge in [0.1, 0.15) is 5.15 Å². The molecule has 0 spiro atoms. The van der Waals surface area contributed by atoms with Gasteiger partial charge in [-0.15, -0.1) is 0 Å². The van der Waals surface area contributed by atoms with E-state index in [1.165, 1.54) is 0 Å². The SMILES string of the molecule is COCCn1c(Cl)ccc1B1OC(C)(C)C(C)(C)O1. The molecule has 1 fully saturated rings. The average molecular weight is 286 g/mol. The van der Waals surface area contributed by atoms with E-state index in [1.807, 2.05) is 44.4 Å². The van der Waals surface area contributed by atoms with E-state index in [0.717, 1.165) is 5.59 Å². The molecule has 0 unspecified atom stereocenters. The Kier molecular flexibility index (Phi) is 4.03. The zero-order valence-electron chi connectivity index (χ0n) is 12.2. The van der Waals surface area contributed by atoms with Crippen LogP contribution in [0, 0.1) is 0 Å². The summed E-state index contributed by atoms with van der Waals surface area (Å²) in [7, 11) is 1.28. The second-order valence-electron chi connectivity index (χ2n) is 5.81. The fourth-order valence-corrected chi connectivity index (χ4v) is 2.29. The summed E-state index contributed by atoms with van der Waals surface area (Å²) in [6.45, 7) is 9.44. The summed E-state index contributed by atoms with van der Waals surface area (Å²) in [6.07, 6.45) is 0. The molecule has 2 rings (SSSR count). The van der Waals surface area contributed by atoms with Gasteiger partial charge in [0.15, 0.2) is 0 Å². The molecule has 6 heteroatoms. The molecular weight excluding hydrogens is 264 g/mol. The van der Waals surface area contributed by atoms with Gasteiger partial charge < -0.3 is 18.6 Å². The molecular formula is C13H21BClNO3. The Morgan fingerprint density at radius 2 is 1.79 bits per heavy atom. The maximum Gasteiger partial charge on any atom is 0.512 e. The van der Waals surface area contributed by atoms with Crippen LogP contribution in [0.15, 0.2) is 12.1 Å². The predicted octanol–water partition coefficient (Wildman–Crippen LogP) is 2.09. The van der Waals surface area contributed by atoms with E-state index < -0.39 is 7.12 Å². The molecule has 19 heavy (non-hydrogen) atoms. The Morgan fingerprint density at radius 3 is 2.32 bits per heavy atom. The first-order chi connectivity index (χ1) is 8.78. The minimum absolute atomic E-state index is 0.347. The third kappa shape index (κ3) is 2.70. The zero-order valence-corrected chi connectivity index (χ0v) is 13.0. The van der Waals surface area contributed by atoms with Crippen LogP contribution in [0.3, 0.4) is 0 Å². The molecule has 106 valence electrons. The Balaban J connectivity index is 2.24. The van der Waals surface area contributed by atoms with Crippen molar-refractivity contribution in [3.05, 3.63) is 17.3 Å². The minimum atomic E-state index is -0.394. The molecule has 0 radical (unpaired) electrons. The van der Waals surface area contributed by atoms with Gasteiger partial charge in [0.25, 0.3) is 0 Å². The monoisotopic (exact) mass is 285 g/mol. The molecule has 0 bridgehead atoms. The van der Waals surface area contributed by atoms with Crippen LogP contribution in [0.5, 0.6) is 0 Å². The highest BCUT2D eigenvalue weighted by Gasteiger charge is 2.52. The number of ether oxygens (including phenoxy) is 1. The number of hydrogen-bond acceptors (Lipinski definition) is 3. The zero-order chi connectivity index (χ0) is 14.3. The Labute approximate surface area is 120 Å². The molecule has 0 saturated carbocycles. The molecule has 1 aliphatic heterocycles. The van der Waals surface area contributed by atoms with Crippen LogP contribution in [0.25, 0.3) is 0 Å². The van der Waals surface area contributed by atoms with Crippen molar-refractivity contribution in [1.82, 2.24) is 4.57 Å². The summed E-state index contributed by atoms with van der Waals surface area (Å²) in [6, 6.07) is 3.80. The number of hydrogen-bond donors (Lipinski definition) is 0. The molecule has 2 heterocycles. The quantitative estimate of drug-likeness (QED) is 0.794.